The molecule has 1 aliphatic carbocycles. The first kappa shape index (κ1) is 19.6. The van der Waals surface area contributed by atoms with Crippen molar-refractivity contribution in [1.82, 2.24) is 9.80 Å². The first-order valence-corrected chi connectivity index (χ1v) is 12.2. The van der Waals surface area contributed by atoms with Gasteiger partial charge in [0, 0.05) is 37.2 Å². The maximum Gasteiger partial charge on any atom is 0.119 e. The van der Waals surface area contributed by atoms with Gasteiger partial charge in [0.1, 0.15) is 5.75 Å². The van der Waals surface area contributed by atoms with Gasteiger partial charge in [0.25, 0.3) is 0 Å². The minimum absolute atomic E-state index is 0.701. The SMILES string of the molecule is CC(C1Cc2ccc(OCCCN3CCCCC3)cc2C1)N1CCSCC1. The van der Waals surface area contributed by atoms with Gasteiger partial charge in [-0.05, 0) is 81.3 Å². The molecule has 150 valence electrons. The predicted octanol–water partition coefficient (Wildman–Crippen LogP) is 4.09. The van der Waals surface area contributed by atoms with Gasteiger partial charge < -0.3 is 9.64 Å². The number of thioether (sulfide) groups is 1. The van der Waals surface area contributed by atoms with Gasteiger partial charge >= 0.3 is 0 Å². The Hall–Kier alpha value is -0.710. The molecule has 0 N–H and O–H groups in total. The van der Waals surface area contributed by atoms with E-state index in [2.05, 4.69) is 46.7 Å². The number of benzene rings is 1. The van der Waals surface area contributed by atoms with E-state index < -0.39 is 0 Å². The third-order valence-electron chi connectivity index (χ3n) is 6.78. The van der Waals surface area contributed by atoms with Crippen LogP contribution in [0.2, 0.25) is 0 Å². The lowest BCUT2D eigenvalue weighted by molar-refractivity contribution is 0.172. The molecule has 0 amide bonds. The summed E-state index contributed by atoms with van der Waals surface area (Å²) in [6.07, 6.45) is 7.78. The predicted molar refractivity (Wildman–Crippen MR) is 116 cm³/mol. The number of nitrogens with zero attached hydrogens (tertiary/aromatic N) is 2. The highest BCUT2D eigenvalue weighted by Gasteiger charge is 2.30. The van der Waals surface area contributed by atoms with E-state index in [-0.39, 0.29) is 0 Å². The highest BCUT2D eigenvalue weighted by molar-refractivity contribution is 7.99. The van der Waals surface area contributed by atoms with Crippen LogP contribution >= 0.6 is 11.8 Å². The van der Waals surface area contributed by atoms with E-state index in [1.807, 2.05) is 0 Å². The Balaban J connectivity index is 1.24. The molecule has 0 aromatic heterocycles. The monoisotopic (exact) mass is 388 g/mol. The molecular weight excluding hydrogens is 352 g/mol. The van der Waals surface area contributed by atoms with Crippen molar-refractivity contribution in [3.8, 4) is 5.75 Å². The normalized spacial score (nSPS) is 25.3. The Bertz CT molecular complexity index is 596. The molecule has 2 fully saturated rings. The fourth-order valence-electron chi connectivity index (χ4n) is 5.00. The van der Waals surface area contributed by atoms with E-state index in [0.29, 0.717) is 6.04 Å². The Morgan fingerprint density at radius 3 is 2.63 bits per heavy atom. The highest BCUT2D eigenvalue weighted by Crippen LogP contribution is 2.33. The van der Waals surface area contributed by atoms with Gasteiger partial charge in [-0.25, -0.2) is 0 Å². The van der Waals surface area contributed by atoms with E-state index in [9.17, 15) is 0 Å². The van der Waals surface area contributed by atoms with Crippen LogP contribution in [0, 0.1) is 5.92 Å². The molecule has 0 saturated carbocycles. The Morgan fingerprint density at radius 2 is 1.81 bits per heavy atom. The van der Waals surface area contributed by atoms with Crippen LogP contribution < -0.4 is 4.74 Å². The van der Waals surface area contributed by atoms with Crippen molar-refractivity contribution in [2.45, 2.75) is 51.5 Å². The summed E-state index contributed by atoms with van der Waals surface area (Å²) in [4.78, 5) is 5.31. The highest BCUT2D eigenvalue weighted by atomic mass is 32.2. The van der Waals surface area contributed by atoms with Crippen LogP contribution in [-0.2, 0) is 12.8 Å². The van der Waals surface area contributed by atoms with Crippen molar-refractivity contribution in [3.05, 3.63) is 29.3 Å². The zero-order chi connectivity index (χ0) is 18.5. The lowest BCUT2D eigenvalue weighted by Crippen LogP contribution is -2.43. The average Bonchev–Trinajstić information content (AvgIpc) is 3.15. The minimum atomic E-state index is 0.701. The van der Waals surface area contributed by atoms with Crippen molar-refractivity contribution in [1.29, 1.82) is 0 Å². The van der Waals surface area contributed by atoms with E-state index in [1.165, 1.54) is 81.9 Å². The van der Waals surface area contributed by atoms with Gasteiger partial charge in [-0.3, -0.25) is 4.90 Å². The van der Waals surface area contributed by atoms with Gasteiger partial charge in [-0.15, -0.1) is 0 Å². The van der Waals surface area contributed by atoms with Crippen LogP contribution in [0.15, 0.2) is 18.2 Å². The molecular formula is C23H36N2OS. The molecule has 0 radical (unpaired) electrons. The molecule has 2 aliphatic heterocycles. The summed E-state index contributed by atoms with van der Waals surface area (Å²) >= 11 is 2.11. The number of fused-ring (bicyclic) bond motifs is 1. The number of piperidine rings is 1. The van der Waals surface area contributed by atoms with Gasteiger partial charge in [-0.2, -0.15) is 11.8 Å². The van der Waals surface area contributed by atoms with Crippen LogP contribution in [-0.4, -0.2) is 66.7 Å². The quantitative estimate of drug-likeness (QED) is 0.654. The number of hydrogen-bond acceptors (Lipinski definition) is 4. The number of rotatable bonds is 7. The fourth-order valence-corrected chi connectivity index (χ4v) is 5.93. The standard InChI is InChI=1S/C23H36N2OS/c1-19(25-11-14-27-15-12-25)21-16-20-6-7-23(18-22(20)17-21)26-13-5-10-24-8-3-2-4-9-24/h6-7,18-19,21H,2-5,8-17H2,1H3. The maximum absolute atomic E-state index is 6.09. The second kappa shape index (κ2) is 9.67. The van der Waals surface area contributed by atoms with Crippen molar-refractivity contribution in [2.75, 3.05) is 50.8 Å². The summed E-state index contributed by atoms with van der Waals surface area (Å²) in [5, 5.41) is 0. The number of hydrogen-bond donors (Lipinski definition) is 0. The van der Waals surface area contributed by atoms with Crippen molar-refractivity contribution < 1.29 is 4.74 Å². The lowest BCUT2D eigenvalue weighted by atomic mass is 9.96. The van der Waals surface area contributed by atoms with E-state index >= 15 is 0 Å². The van der Waals surface area contributed by atoms with Crippen LogP contribution in [0.4, 0.5) is 0 Å². The molecule has 0 bridgehead atoms. The molecule has 2 unspecified atom stereocenters. The van der Waals surface area contributed by atoms with Crippen LogP contribution in [0.25, 0.3) is 0 Å². The van der Waals surface area contributed by atoms with Crippen LogP contribution in [0.1, 0.15) is 43.7 Å². The topological polar surface area (TPSA) is 15.7 Å². The summed E-state index contributed by atoms with van der Waals surface area (Å²) in [7, 11) is 0. The summed E-state index contributed by atoms with van der Waals surface area (Å²) in [5.41, 5.74) is 3.09. The van der Waals surface area contributed by atoms with Crippen molar-refractivity contribution >= 4 is 11.8 Å². The zero-order valence-electron chi connectivity index (χ0n) is 17.0. The Labute approximate surface area is 169 Å². The minimum Gasteiger partial charge on any atom is -0.494 e. The molecule has 3 nitrogen and oxygen atoms in total. The maximum atomic E-state index is 6.09. The number of likely N-dealkylation sites (tertiary alicyclic amines) is 1. The van der Waals surface area contributed by atoms with Gasteiger partial charge in [0.15, 0.2) is 0 Å². The first-order valence-electron chi connectivity index (χ1n) is 11.1. The van der Waals surface area contributed by atoms with Gasteiger partial charge in [0.2, 0.25) is 0 Å². The molecule has 1 aromatic carbocycles. The zero-order valence-corrected chi connectivity index (χ0v) is 17.8. The molecule has 2 heterocycles. The molecule has 4 rings (SSSR count). The molecule has 27 heavy (non-hydrogen) atoms. The molecule has 0 spiro atoms. The third-order valence-corrected chi connectivity index (χ3v) is 7.72. The van der Waals surface area contributed by atoms with E-state index in [1.54, 1.807) is 5.56 Å². The van der Waals surface area contributed by atoms with Crippen LogP contribution in [0.5, 0.6) is 5.75 Å². The summed E-state index contributed by atoms with van der Waals surface area (Å²) in [6, 6.07) is 7.56. The second-order valence-electron chi connectivity index (χ2n) is 8.59. The smallest absolute Gasteiger partial charge is 0.119 e. The molecule has 3 aliphatic rings. The molecule has 2 saturated heterocycles. The van der Waals surface area contributed by atoms with E-state index in [0.717, 1.165) is 24.7 Å². The van der Waals surface area contributed by atoms with Gasteiger partial charge in [-0.1, -0.05) is 12.5 Å². The summed E-state index contributed by atoms with van der Waals surface area (Å²) < 4.78 is 6.09. The van der Waals surface area contributed by atoms with Crippen molar-refractivity contribution in [3.63, 3.8) is 0 Å². The first-order chi connectivity index (χ1) is 13.3. The van der Waals surface area contributed by atoms with E-state index in [4.69, 9.17) is 4.74 Å². The largest absolute Gasteiger partial charge is 0.494 e. The van der Waals surface area contributed by atoms with Gasteiger partial charge in [0.05, 0.1) is 6.61 Å². The Morgan fingerprint density at radius 1 is 1.04 bits per heavy atom. The summed E-state index contributed by atoms with van der Waals surface area (Å²) in [6.45, 7) is 9.60. The van der Waals surface area contributed by atoms with Crippen molar-refractivity contribution in [2.24, 2.45) is 5.92 Å². The fraction of sp³-hybridized carbons (Fsp3) is 0.739. The van der Waals surface area contributed by atoms with Crippen LogP contribution in [0.3, 0.4) is 0 Å². The number of ether oxygens (including phenoxy) is 1. The molecule has 2 atom stereocenters. The molecule has 4 heteroatoms. The second-order valence-corrected chi connectivity index (χ2v) is 9.82. The third kappa shape index (κ3) is 5.21. The average molecular weight is 389 g/mol. The Kier molecular flexibility index (Phi) is 7.02. The summed E-state index contributed by atoms with van der Waals surface area (Å²) in [5.74, 6) is 4.46. The molecule has 1 aromatic rings. The lowest BCUT2D eigenvalue weighted by Gasteiger charge is -2.35.